The van der Waals surface area contributed by atoms with Crippen LogP contribution in [-0.4, -0.2) is 36.7 Å². The van der Waals surface area contributed by atoms with Crippen molar-refractivity contribution in [2.75, 3.05) is 20.1 Å². The van der Waals surface area contributed by atoms with Gasteiger partial charge < -0.3 is 9.74 Å². The summed E-state index contributed by atoms with van der Waals surface area (Å²) < 4.78 is 0. The Morgan fingerprint density at radius 2 is 2.00 bits per heavy atom. The van der Waals surface area contributed by atoms with Crippen molar-refractivity contribution in [1.82, 2.24) is 4.90 Å². The highest BCUT2D eigenvalue weighted by Gasteiger charge is 2.11. The maximum absolute atomic E-state index is 11.6. The summed E-state index contributed by atoms with van der Waals surface area (Å²) in [4.78, 5) is 18.9. The monoisotopic (exact) mass is 294 g/mol. The molecule has 21 heavy (non-hydrogen) atoms. The highest BCUT2D eigenvalue weighted by molar-refractivity contribution is 5.98. The first-order valence-electron chi connectivity index (χ1n) is 8.26. The third kappa shape index (κ3) is 8.00. The summed E-state index contributed by atoms with van der Waals surface area (Å²) in [5, 5.41) is 3.98. The van der Waals surface area contributed by atoms with E-state index < -0.39 is 0 Å². The van der Waals surface area contributed by atoms with Crippen molar-refractivity contribution >= 4 is 11.7 Å². The van der Waals surface area contributed by atoms with Crippen LogP contribution < -0.4 is 0 Å². The molecule has 0 atom stereocenters. The van der Waals surface area contributed by atoms with Crippen molar-refractivity contribution in [2.45, 2.75) is 65.2 Å². The number of nitrogens with zero attached hydrogens (tertiary/aromatic N) is 2. The van der Waals surface area contributed by atoms with E-state index in [1.54, 1.807) is 0 Å². The van der Waals surface area contributed by atoms with Crippen molar-refractivity contribution in [1.29, 1.82) is 0 Å². The second-order valence-corrected chi connectivity index (χ2v) is 5.91. The zero-order valence-electron chi connectivity index (χ0n) is 13.9. The predicted molar refractivity (Wildman–Crippen MR) is 87.4 cm³/mol. The molecule has 0 aromatic rings. The third-order valence-electron chi connectivity index (χ3n) is 3.83. The number of hydrogen-bond donors (Lipinski definition) is 0. The maximum atomic E-state index is 11.6. The van der Waals surface area contributed by atoms with Gasteiger partial charge in [0.05, 0.1) is 5.71 Å². The molecule has 0 N–H and O–H groups in total. The lowest BCUT2D eigenvalue weighted by Crippen LogP contribution is -2.28. The van der Waals surface area contributed by atoms with E-state index in [0.29, 0.717) is 6.42 Å². The fourth-order valence-corrected chi connectivity index (χ4v) is 2.43. The van der Waals surface area contributed by atoms with E-state index in [0.717, 1.165) is 43.6 Å². The summed E-state index contributed by atoms with van der Waals surface area (Å²) in [5.74, 6) is -0.213. The summed E-state index contributed by atoms with van der Waals surface area (Å²) >= 11 is 0. The summed E-state index contributed by atoms with van der Waals surface area (Å²) in [6, 6.07) is 0. The van der Waals surface area contributed by atoms with Crippen molar-refractivity contribution in [3.8, 4) is 0 Å². The van der Waals surface area contributed by atoms with Gasteiger partial charge in [-0.2, -0.15) is 0 Å². The van der Waals surface area contributed by atoms with Gasteiger partial charge in [-0.3, -0.25) is 0 Å². The van der Waals surface area contributed by atoms with Crippen LogP contribution in [0.5, 0.6) is 0 Å². The van der Waals surface area contributed by atoms with Crippen LogP contribution in [0, 0.1) is 0 Å². The van der Waals surface area contributed by atoms with E-state index in [4.69, 9.17) is 4.84 Å². The number of oxime groups is 1. The van der Waals surface area contributed by atoms with Crippen molar-refractivity contribution in [3.05, 3.63) is 11.6 Å². The van der Waals surface area contributed by atoms with Crippen molar-refractivity contribution < 1.29 is 9.63 Å². The fraction of sp³-hybridized carbons (Fsp3) is 0.765. The second-order valence-electron chi connectivity index (χ2n) is 5.91. The molecule has 0 bridgehead atoms. The topological polar surface area (TPSA) is 41.9 Å². The summed E-state index contributed by atoms with van der Waals surface area (Å²) in [6.45, 7) is 6.07. The van der Waals surface area contributed by atoms with Gasteiger partial charge in [-0.15, -0.1) is 0 Å². The number of hydrogen-bond acceptors (Lipinski definition) is 4. The molecule has 0 spiro atoms. The van der Waals surface area contributed by atoms with Crippen LogP contribution in [0.2, 0.25) is 0 Å². The Labute approximate surface area is 129 Å². The summed E-state index contributed by atoms with van der Waals surface area (Å²) in [7, 11) is 2.09. The number of carbonyl (C=O) groups is 1. The van der Waals surface area contributed by atoms with Gasteiger partial charge in [0, 0.05) is 19.5 Å². The Bertz CT molecular complexity index is 375. The SMILES string of the molecule is CCCCCCCCC(=O)ON=C(C)C1=CCCN(C)C1. The Hall–Kier alpha value is -1.16. The molecule has 1 rings (SSSR count). The van der Waals surface area contributed by atoms with E-state index in [9.17, 15) is 4.79 Å². The molecule has 1 heterocycles. The lowest BCUT2D eigenvalue weighted by atomic mass is 10.1. The summed E-state index contributed by atoms with van der Waals surface area (Å²) in [6.07, 6.45) is 10.7. The third-order valence-corrected chi connectivity index (χ3v) is 3.83. The lowest BCUT2D eigenvalue weighted by Gasteiger charge is -2.22. The summed E-state index contributed by atoms with van der Waals surface area (Å²) in [5.41, 5.74) is 1.98. The molecular formula is C17H30N2O2. The van der Waals surface area contributed by atoms with E-state index in [1.807, 2.05) is 6.92 Å². The van der Waals surface area contributed by atoms with Crippen LogP contribution in [0.15, 0.2) is 16.8 Å². The highest BCUT2D eigenvalue weighted by atomic mass is 16.7. The van der Waals surface area contributed by atoms with Crippen LogP contribution in [0.3, 0.4) is 0 Å². The van der Waals surface area contributed by atoms with Crippen molar-refractivity contribution in [3.63, 3.8) is 0 Å². The zero-order valence-corrected chi connectivity index (χ0v) is 13.9. The molecule has 1 aliphatic heterocycles. The molecule has 0 saturated heterocycles. The zero-order chi connectivity index (χ0) is 15.5. The lowest BCUT2D eigenvalue weighted by molar-refractivity contribution is -0.143. The van der Waals surface area contributed by atoms with Gasteiger partial charge >= 0.3 is 5.97 Å². The quantitative estimate of drug-likeness (QED) is 0.280. The molecule has 0 saturated carbocycles. The molecule has 0 aromatic heterocycles. The van der Waals surface area contributed by atoms with Crippen LogP contribution in [-0.2, 0) is 9.63 Å². The van der Waals surface area contributed by atoms with Crippen LogP contribution in [0.25, 0.3) is 0 Å². The number of rotatable bonds is 9. The minimum absolute atomic E-state index is 0.213. The van der Waals surface area contributed by atoms with Gasteiger partial charge in [-0.25, -0.2) is 4.79 Å². The van der Waals surface area contributed by atoms with Crippen LogP contribution in [0.1, 0.15) is 65.2 Å². The Morgan fingerprint density at radius 3 is 2.71 bits per heavy atom. The molecule has 4 nitrogen and oxygen atoms in total. The molecule has 4 heteroatoms. The van der Waals surface area contributed by atoms with Gasteiger partial charge in [-0.1, -0.05) is 50.3 Å². The molecular weight excluding hydrogens is 264 g/mol. The first kappa shape index (κ1) is 17.9. The van der Waals surface area contributed by atoms with E-state index in [2.05, 4.69) is 30.1 Å². The van der Waals surface area contributed by atoms with E-state index in [1.165, 1.54) is 25.7 Å². The van der Waals surface area contributed by atoms with Crippen LogP contribution >= 0.6 is 0 Å². The second kappa shape index (κ2) is 10.6. The van der Waals surface area contributed by atoms with Gasteiger partial charge in [0.15, 0.2) is 0 Å². The van der Waals surface area contributed by atoms with Crippen LogP contribution in [0.4, 0.5) is 0 Å². The van der Waals surface area contributed by atoms with E-state index >= 15 is 0 Å². The molecule has 0 amide bonds. The molecule has 0 aromatic carbocycles. The molecule has 0 fully saturated rings. The maximum Gasteiger partial charge on any atom is 0.335 e. The van der Waals surface area contributed by atoms with Gasteiger partial charge in [0.2, 0.25) is 0 Å². The molecule has 0 radical (unpaired) electrons. The Balaban J connectivity index is 2.19. The van der Waals surface area contributed by atoms with Gasteiger partial charge in [0.1, 0.15) is 0 Å². The van der Waals surface area contributed by atoms with Crippen molar-refractivity contribution in [2.24, 2.45) is 5.16 Å². The minimum atomic E-state index is -0.213. The molecule has 1 aliphatic rings. The average Bonchev–Trinajstić information content (AvgIpc) is 2.48. The number of unbranched alkanes of at least 4 members (excludes halogenated alkanes) is 5. The minimum Gasteiger partial charge on any atom is -0.318 e. The van der Waals surface area contributed by atoms with Gasteiger partial charge in [0.25, 0.3) is 0 Å². The van der Waals surface area contributed by atoms with E-state index in [-0.39, 0.29) is 5.97 Å². The largest absolute Gasteiger partial charge is 0.335 e. The first-order chi connectivity index (χ1) is 10.1. The highest BCUT2D eigenvalue weighted by Crippen LogP contribution is 2.11. The Morgan fingerprint density at radius 1 is 1.29 bits per heavy atom. The fourth-order valence-electron chi connectivity index (χ4n) is 2.43. The smallest absolute Gasteiger partial charge is 0.318 e. The first-order valence-corrected chi connectivity index (χ1v) is 8.26. The molecule has 120 valence electrons. The van der Waals surface area contributed by atoms with Gasteiger partial charge in [-0.05, 0) is 32.4 Å². The number of carbonyl (C=O) groups excluding carboxylic acids is 1. The standard InChI is InChI=1S/C17H30N2O2/c1-4-5-6-7-8-9-12-17(20)21-18-15(2)16-11-10-13-19(3)14-16/h11H,4-10,12-14H2,1-3H3. The normalized spacial score (nSPS) is 16.7. The average molecular weight is 294 g/mol. The molecule has 0 unspecified atom stereocenters. The predicted octanol–water partition coefficient (Wildman–Crippen LogP) is 3.92. The Kier molecular flexibility index (Phi) is 8.99. The molecule has 0 aliphatic carbocycles. The number of likely N-dealkylation sites (N-methyl/N-ethyl adjacent to an activating group) is 1.